The number of rotatable bonds is 4. The van der Waals surface area contributed by atoms with Gasteiger partial charge in [0.1, 0.15) is 5.82 Å². The highest BCUT2D eigenvalue weighted by Gasteiger charge is 2.16. The van der Waals surface area contributed by atoms with Gasteiger partial charge in [0, 0.05) is 23.5 Å². The summed E-state index contributed by atoms with van der Waals surface area (Å²) in [6.45, 7) is 0. The molecule has 0 atom stereocenters. The van der Waals surface area contributed by atoms with Crippen LogP contribution < -0.4 is 5.32 Å². The Morgan fingerprint density at radius 1 is 1.17 bits per heavy atom. The van der Waals surface area contributed by atoms with Gasteiger partial charge >= 0.3 is 0 Å². The Hall–Kier alpha value is -2.87. The SMILES string of the molecule is O=C(Nc1nc(Cc2ccccc2)ns1)c1cc(F)c(O)c(F)c1. The van der Waals surface area contributed by atoms with Crippen LogP contribution in [0.2, 0.25) is 0 Å². The summed E-state index contributed by atoms with van der Waals surface area (Å²) in [5, 5.41) is 11.7. The normalized spacial score (nSPS) is 10.6. The molecule has 0 unspecified atom stereocenters. The van der Waals surface area contributed by atoms with E-state index in [2.05, 4.69) is 14.7 Å². The van der Waals surface area contributed by atoms with Gasteiger partial charge in [-0.3, -0.25) is 10.1 Å². The number of phenols is 1. The van der Waals surface area contributed by atoms with Crippen LogP contribution >= 0.6 is 11.5 Å². The molecule has 3 rings (SSSR count). The number of nitrogens with zero attached hydrogens (tertiary/aromatic N) is 2. The van der Waals surface area contributed by atoms with Gasteiger partial charge in [0.2, 0.25) is 5.13 Å². The minimum Gasteiger partial charge on any atom is -0.503 e. The molecular formula is C16H11F2N3O2S. The number of phenolic OH excluding ortho intramolecular Hbond substituents is 1. The maximum Gasteiger partial charge on any atom is 0.257 e. The van der Waals surface area contributed by atoms with Gasteiger partial charge in [0.15, 0.2) is 17.4 Å². The number of halogens is 2. The Bertz CT molecular complexity index is 861. The molecule has 0 saturated carbocycles. The molecule has 2 aromatic carbocycles. The Balaban J connectivity index is 1.71. The van der Waals surface area contributed by atoms with E-state index in [0.717, 1.165) is 29.2 Å². The minimum atomic E-state index is -1.21. The van der Waals surface area contributed by atoms with E-state index in [1.54, 1.807) is 0 Å². The van der Waals surface area contributed by atoms with Crippen molar-refractivity contribution in [2.24, 2.45) is 0 Å². The number of carbonyl (C=O) groups is 1. The van der Waals surface area contributed by atoms with Gasteiger partial charge in [-0.25, -0.2) is 13.8 Å². The molecule has 0 radical (unpaired) electrons. The highest BCUT2D eigenvalue weighted by atomic mass is 32.1. The number of amides is 1. The second-order valence-corrected chi connectivity index (χ2v) is 5.67. The summed E-state index contributed by atoms with van der Waals surface area (Å²) in [7, 11) is 0. The average Bonchev–Trinajstić information content (AvgIpc) is 3.00. The van der Waals surface area contributed by atoms with Crippen LogP contribution in [0.1, 0.15) is 21.7 Å². The maximum absolute atomic E-state index is 13.3. The van der Waals surface area contributed by atoms with Crippen LogP contribution in [0.5, 0.6) is 5.75 Å². The van der Waals surface area contributed by atoms with Crippen molar-refractivity contribution in [3.8, 4) is 5.75 Å². The van der Waals surface area contributed by atoms with E-state index in [4.69, 9.17) is 5.11 Å². The lowest BCUT2D eigenvalue weighted by Crippen LogP contribution is -2.12. The Morgan fingerprint density at radius 3 is 2.50 bits per heavy atom. The fraction of sp³-hybridized carbons (Fsp3) is 0.0625. The fourth-order valence-corrected chi connectivity index (χ4v) is 2.60. The van der Waals surface area contributed by atoms with E-state index >= 15 is 0 Å². The van der Waals surface area contributed by atoms with Crippen molar-refractivity contribution >= 4 is 22.6 Å². The van der Waals surface area contributed by atoms with Gasteiger partial charge in [-0.15, -0.1) is 0 Å². The third-order valence-corrected chi connectivity index (χ3v) is 3.84. The minimum absolute atomic E-state index is 0.222. The highest BCUT2D eigenvalue weighted by molar-refractivity contribution is 7.09. The molecule has 1 aromatic heterocycles. The number of carbonyl (C=O) groups excluding carboxylic acids is 1. The van der Waals surface area contributed by atoms with Crippen LogP contribution in [-0.2, 0) is 6.42 Å². The van der Waals surface area contributed by atoms with Crippen molar-refractivity contribution in [1.29, 1.82) is 0 Å². The Morgan fingerprint density at radius 2 is 1.83 bits per heavy atom. The van der Waals surface area contributed by atoms with Gasteiger partial charge in [0.05, 0.1) is 0 Å². The van der Waals surface area contributed by atoms with Crippen LogP contribution in [0.4, 0.5) is 13.9 Å². The molecule has 0 aliphatic rings. The lowest BCUT2D eigenvalue weighted by atomic mass is 10.1. The van der Waals surface area contributed by atoms with Gasteiger partial charge in [-0.05, 0) is 17.7 Å². The largest absolute Gasteiger partial charge is 0.503 e. The highest BCUT2D eigenvalue weighted by Crippen LogP contribution is 2.22. The lowest BCUT2D eigenvalue weighted by Gasteiger charge is -2.03. The third-order valence-electron chi connectivity index (χ3n) is 3.17. The third kappa shape index (κ3) is 3.54. The van der Waals surface area contributed by atoms with E-state index in [1.807, 2.05) is 30.3 Å². The summed E-state index contributed by atoms with van der Waals surface area (Å²) in [5.74, 6) is -3.74. The molecule has 2 N–H and O–H groups in total. The van der Waals surface area contributed by atoms with E-state index in [0.29, 0.717) is 12.2 Å². The topological polar surface area (TPSA) is 75.1 Å². The van der Waals surface area contributed by atoms with E-state index in [1.165, 1.54) is 0 Å². The maximum atomic E-state index is 13.3. The molecule has 8 heteroatoms. The number of anilines is 1. The summed E-state index contributed by atoms with van der Waals surface area (Å²) in [6, 6.07) is 11.1. The molecule has 1 amide bonds. The van der Waals surface area contributed by atoms with Gasteiger partial charge in [-0.2, -0.15) is 4.37 Å². The monoisotopic (exact) mass is 347 g/mol. The number of benzene rings is 2. The number of hydrogen-bond donors (Lipinski definition) is 2. The van der Waals surface area contributed by atoms with Crippen molar-refractivity contribution in [3.63, 3.8) is 0 Å². The first-order valence-electron chi connectivity index (χ1n) is 6.89. The summed E-state index contributed by atoms with van der Waals surface area (Å²) in [4.78, 5) is 16.2. The molecular weight excluding hydrogens is 336 g/mol. The zero-order chi connectivity index (χ0) is 17.1. The average molecular weight is 347 g/mol. The van der Waals surface area contributed by atoms with Gasteiger partial charge < -0.3 is 5.11 Å². The molecule has 0 bridgehead atoms. The van der Waals surface area contributed by atoms with Crippen LogP contribution in [0.25, 0.3) is 0 Å². The fourth-order valence-electron chi connectivity index (χ4n) is 2.02. The number of hydrogen-bond acceptors (Lipinski definition) is 5. The summed E-state index contributed by atoms with van der Waals surface area (Å²) in [6.07, 6.45) is 0.510. The first kappa shape index (κ1) is 16.0. The van der Waals surface area contributed by atoms with Crippen LogP contribution in [-0.4, -0.2) is 20.4 Å². The summed E-state index contributed by atoms with van der Waals surface area (Å²) in [5.41, 5.74) is 0.762. The molecule has 0 saturated heterocycles. The van der Waals surface area contributed by atoms with Crippen LogP contribution in [0.3, 0.4) is 0 Å². The van der Waals surface area contributed by atoms with Gasteiger partial charge in [0.25, 0.3) is 5.91 Å². The molecule has 1 heterocycles. The van der Waals surface area contributed by atoms with Crippen LogP contribution in [0.15, 0.2) is 42.5 Å². The standard InChI is InChI=1S/C16H11F2N3O2S/c17-11-7-10(8-12(18)14(11)22)15(23)20-16-19-13(21-24-16)6-9-4-2-1-3-5-9/h1-5,7-8,22H,6H2,(H,19,20,21,23). The predicted octanol–water partition coefficient (Wildman–Crippen LogP) is 3.37. The Kier molecular flexibility index (Phi) is 4.48. The molecule has 5 nitrogen and oxygen atoms in total. The number of nitrogens with one attached hydrogen (secondary N) is 1. The zero-order valence-corrected chi connectivity index (χ0v) is 13.0. The summed E-state index contributed by atoms with van der Waals surface area (Å²) >= 11 is 0.973. The van der Waals surface area contributed by atoms with Crippen molar-refractivity contribution < 1.29 is 18.7 Å². The molecule has 0 aliphatic heterocycles. The quantitative estimate of drug-likeness (QED) is 0.759. The zero-order valence-electron chi connectivity index (χ0n) is 12.2. The van der Waals surface area contributed by atoms with Gasteiger partial charge in [-0.1, -0.05) is 30.3 Å². The van der Waals surface area contributed by atoms with Crippen LogP contribution in [0, 0.1) is 11.6 Å². The number of aromatic hydroxyl groups is 1. The first-order valence-corrected chi connectivity index (χ1v) is 7.66. The van der Waals surface area contributed by atoms with Crippen molar-refractivity contribution in [2.75, 3.05) is 5.32 Å². The molecule has 3 aromatic rings. The second-order valence-electron chi connectivity index (χ2n) is 4.92. The molecule has 24 heavy (non-hydrogen) atoms. The molecule has 0 fully saturated rings. The number of aromatic nitrogens is 2. The van der Waals surface area contributed by atoms with Crippen molar-refractivity contribution in [3.05, 3.63) is 71.1 Å². The van der Waals surface area contributed by atoms with Crippen molar-refractivity contribution in [2.45, 2.75) is 6.42 Å². The molecule has 0 spiro atoms. The van der Waals surface area contributed by atoms with E-state index in [-0.39, 0.29) is 10.7 Å². The summed E-state index contributed by atoms with van der Waals surface area (Å²) < 4.78 is 30.7. The predicted molar refractivity (Wildman–Crippen MR) is 85.1 cm³/mol. The van der Waals surface area contributed by atoms with Crippen molar-refractivity contribution in [1.82, 2.24) is 9.36 Å². The smallest absolute Gasteiger partial charge is 0.257 e. The lowest BCUT2D eigenvalue weighted by molar-refractivity contribution is 0.102. The molecule has 0 aliphatic carbocycles. The van der Waals surface area contributed by atoms with E-state index in [9.17, 15) is 13.6 Å². The molecule has 122 valence electrons. The Labute approximate surface area is 139 Å². The van der Waals surface area contributed by atoms with E-state index < -0.39 is 23.3 Å². The second kappa shape index (κ2) is 6.71. The first-order chi connectivity index (χ1) is 11.5.